The van der Waals surface area contributed by atoms with Gasteiger partial charge in [-0.3, -0.25) is 4.79 Å². The van der Waals surface area contributed by atoms with Crippen molar-refractivity contribution in [3.63, 3.8) is 0 Å². The smallest absolute Gasteiger partial charge is 0.193 e. The first-order chi connectivity index (χ1) is 11.8. The average molecular weight is 306 g/mol. The molecule has 4 aromatic rings. The normalized spacial score (nSPS) is 11.5. The number of benzene rings is 4. The van der Waals surface area contributed by atoms with Gasteiger partial charge in [-0.25, -0.2) is 0 Å². The quantitative estimate of drug-likeness (QED) is 0.381. The van der Waals surface area contributed by atoms with E-state index in [4.69, 9.17) is 0 Å². The van der Waals surface area contributed by atoms with Crippen molar-refractivity contribution >= 4 is 16.6 Å². The SMILES string of the molecule is O=C(c1ccccc1)c1ccc2c(c1)-c1cccc3cccc-2c13. The van der Waals surface area contributed by atoms with Crippen molar-refractivity contribution in [2.75, 3.05) is 0 Å². The van der Waals surface area contributed by atoms with Crippen LogP contribution in [0, 0.1) is 0 Å². The first-order valence-electron chi connectivity index (χ1n) is 8.09. The molecule has 0 aromatic heterocycles. The zero-order chi connectivity index (χ0) is 16.1. The van der Waals surface area contributed by atoms with Crippen LogP contribution in [-0.2, 0) is 0 Å². The van der Waals surface area contributed by atoms with Crippen molar-refractivity contribution in [1.82, 2.24) is 0 Å². The second kappa shape index (κ2) is 4.90. The molecular formula is C23H14O. The average Bonchev–Trinajstić information content (AvgIpc) is 2.98. The Morgan fingerprint density at radius 3 is 2.00 bits per heavy atom. The van der Waals surface area contributed by atoms with Crippen LogP contribution in [0.2, 0.25) is 0 Å². The molecule has 0 saturated carbocycles. The van der Waals surface area contributed by atoms with Crippen molar-refractivity contribution in [3.8, 4) is 22.3 Å². The van der Waals surface area contributed by atoms with E-state index in [1.807, 2.05) is 42.5 Å². The maximum atomic E-state index is 12.8. The summed E-state index contributed by atoms with van der Waals surface area (Å²) in [5, 5.41) is 2.54. The van der Waals surface area contributed by atoms with E-state index in [0.717, 1.165) is 16.7 Å². The Balaban J connectivity index is 1.72. The molecule has 0 spiro atoms. The van der Waals surface area contributed by atoms with Gasteiger partial charge >= 0.3 is 0 Å². The highest BCUT2D eigenvalue weighted by molar-refractivity contribution is 6.17. The molecule has 0 atom stereocenters. The Morgan fingerprint density at radius 1 is 0.542 bits per heavy atom. The van der Waals surface area contributed by atoms with Gasteiger partial charge in [0.2, 0.25) is 0 Å². The molecule has 0 aliphatic heterocycles. The standard InChI is InChI=1S/C23H14O/c24-23(16-6-2-1-3-7-16)17-12-13-18-19-10-4-8-15-9-5-11-20(22(15)19)21(18)14-17/h1-14H. The van der Waals surface area contributed by atoms with E-state index in [9.17, 15) is 4.79 Å². The van der Waals surface area contributed by atoms with Gasteiger partial charge in [0.1, 0.15) is 0 Å². The molecule has 1 aliphatic rings. The lowest BCUT2D eigenvalue weighted by atomic mass is 9.97. The van der Waals surface area contributed by atoms with E-state index in [1.54, 1.807) is 0 Å². The number of carbonyl (C=O) groups excluding carboxylic acids is 1. The van der Waals surface area contributed by atoms with Crippen LogP contribution in [0.3, 0.4) is 0 Å². The van der Waals surface area contributed by atoms with Gasteiger partial charge in [0.05, 0.1) is 0 Å². The largest absolute Gasteiger partial charge is 0.289 e. The van der Waals surface area contributed by atoms with Gasteiger partial charge in [-0.1, -0.05) is 78.9 Å². The van der Waals surface area contributed by atoms with Crippen LogP contribution in [-0.4, -0.2) is 5.78 Å². The first kappa shape index (κ1) is 13.3. The fourth-order valence-electron chi connectivity index (χ4n) is 3.69. The number of ketones is 1. The van der Waals surface area contributed by atoms with Crippen LogP contribution in [0.1, 0.15) is 15.9 Å². The van der Waals surface area contributed by atoms with Crippen LogP contribution in [0.5, 0.6) is 0 Å². The Hall–Kier alpha value is -3.19. The van der Waals surface area contributed by atoms with Crippen molar-refractivity contribution in [2.24, 2.45) is 0 Å². The predicted octanol–water partition coefficient (Wildman–Crippen LogP) is 5.72. The third-order valence-electron chi connectivity index (χ3n) is 4.80. The van der Waals surface area contributed by atoms with Crippen molar-refractivity contribution in [3.05, 3.63) is 96.1 Å². The summed E-state index contributed by atoms with van der Waals surface area (Å²) < 4.78 is 0. The molecule has 0 unspecified atom stereocenters. The molecule has 112 valence electrons. The molecule has 1 nitrogen and oxygen atoms in total. The Bertz CT molecular complexity index is 1100. The second-order valence-electron chi connectivity index (χ2n) is 6.16. The van der Waals surface area contributed by atoms with E-state index in [1.165, 1.54) is 27.5 Å². The maximum absolute atomic E-state index is 12.8. The van der Waals surface area contributed by atoms with Gasteiger partial charge in [0.15, 0.2) is 5.78 Å². The van der Waals surface area contributed by atoms with Crippen LogP contribution in [0.25, 0.3) is 33.0 Å². The van der Waals surface area contributed by atoms with Crippen molar-refractivity contribution < 1.29 is 4.79 Å². The molecule has 0 bridgehead atoms. The summed E-state index contributed by atoms with van der Waals surface area (Å²) in [5.74, 6) is 0.0709. The van der Waals surface area contributed by atoms with Gasteiger partial charge in [-0.05, 0) is 39.1 Å². The summed E-state index contributed by atoms with van der Waals surface area (Å²) >= 11 is 0. The number of rotatable bonds is 2. The van der Waals surface area contributed by atoms with Crippen molar-refractivity contribution in [1.29, 1.82) is 0 Å². The molecule has 5 rings (SSSR count). The fraction of sp³-hybridized carbons (Fsp3) is 0. The highest BCUT2D eigenvalue weighted by Gasteiger charge is 2.22. The molecule has 4 aromatic carbocycles. The molecule has 0 radical (unpaired) electrons. The summed E-state index contributed by atoms with van der Waals surface area (Å²) in [4.78, 5) is 12.8. The minimum Gasteiger partial charge on any atom is -0.289 e. The van der Waals surface area contributed by atoms with E-state index < -0.39 is 0 Å². The summed E-state index contributed by atoms with van der Waals surface area (Å²) in [6, 6.07) is 28.3. The van der Waals surface area contributed by atoms with Crippen LogP contribution in [0.4, 0.5) is 0 Å². The highest BCUT2D eigenvalue weighted by atomic mass is 16.1. The van der Waals surface area contributed by atoms with Gasteiger partial charge < -0.3 is 0 Å². The van der Waals surface area contributed by atoms with Gasteiger partial charge in [0.25, 0.3) is 0 Å². The second-order valence-corrected chi connectivity index (χ2v) is 6.16. The lowest BCUT2D eigenvalue weighted by molar-refractivity contribution is 0.103. The van der Waals surface area contributed by atoms with Crippen LogP contribution < -0.4 is 0 Å². The maximum Gasteiger partial charge on any atom is 0.193 e. The number of hydrogen-bond donors (Lipinski definition) is 0. The van der Waals surface area contributed by atoms with E-state index >= 15 is 0 Å². The third-order valence-corrected chi connectivity index (χ3v) is 4.80. The number of hydrogen-bond acceptors (Lipinski definition) is 1. The Labute approximate surface area is 140 Å². The Morgan fingerprint density at radius 2 is 1.25 bits per heavy atom. The van der Waals surface area contributed by atoms with Gasteiger partial charge in [0, 0.05) is 11.1 Å². The Kier molecular flexibility index (Phi) is 2.71. The minimum absolute atomic E-state index is 0.0709. The molecule has 24 heavy (non-hydrogen) atoms. The molecule has 0 N–H and O–H groups in total. The van der Waals surface area contributed by atoms with Gasteiger partial charge in [-0.2, -0.15) is 0 Å². The molecule has 0 heterocycles. The summed E-state index contributed by atoms with van der Waals surface area (Å²) in [6.45, 7) is 0. The lowest BCUT2D eigenvalue weighted by Crippen LogP contribution is -2.01. The third kappa shape index (κ3) is 1.79. The zero-order valence-electron chi connectivity index (χ0n) is 13.0. The first-order valence-corrected chi connectivity index (χ1v) is 8.09. The van der Waals surface area contributed by atoms with Crippen LogP contribution >= 0.6 is 0 Å². The van der Waals surface area contributed by atoms with E-state index in [-0.39, 0.29) is 5.78 Å². The molecule has 1 heteroatoms. The van der Waals surface area contributed by atoms with Crippen molar-refractivity contribution in [2.45, 2.75) is 0 Å². The molecule has 1 aliphatic carbocycles. The number of carbonyl (C=O) groups is 1. The van der Waals surface area contributed by atoms with Gasteiger partial charge in [-0.15, -0.1) is 0 Å². The van der Waals surface area contributed by atoms with E-state index in [2.05, 4.69) is 42.5 Å². The summed E-state index contributed by atoms with van der Waals surface area (Å²) in [7, 11) is 0. The van der Waals surface area contributed by atoms with E-state index in [0.29, 0.717) is 0 Å². The topological polar surface area (TPSA) is 17.1 Å². The molecule has 0 fully saturated rings. The monoisotopic (exact) mass is 306 g/mol. The zero-order valence-corrected chi connectivity index (χ0v) is 13.0. The minimum atomic E-state index is 0.0709. The molecular weight excluding hydrogens is 292 g/mol. The predicted molar refractivity (Wildman–Crippen MR) is 98.3 cm³/mol. The lowest BCUT2D eigenvalue weighted by Gasteiger charge is -2.06. The highest BCUT2D eigenvalue weighted by Crippen LogP contribution is 2.47. The fourth-order valence-corrected chi connectivity index (χ4v) is 3.69. The van der Waals surface area contributed by atoms with Crippen LogP contribution in [0.15, 0.2) is 84.9 Å². The molecule has 0 saturated heterocycles. The summed E-state index contributed by atoms with van der Waals surface area (Å²) in [5.41, 5.74) is 6.32. The summed E-state index contributed by atoms with van der Waals surface area (Å²) in [6.07, 6.45) is 0. The molecule has 0 amide bonds. The number of fused-ring (bicyclic) bond motifs is 3.